The lowest BCUT2D eigenvalue weighted by Gasteiger charge is -2.13. The third-order valence-electron chi connectivity index (χ3n) is 1.81. The van der Waals surface area contributed by atoms with Gasteiger partial charge in [-0.1, -0.05) is 13.0 Å². The first kappa shape index (κ1) is 9.44. The second-order valence-corrected chi connectivity index (χ2v) is 2.83. The summed E-state index contributed by atoms with van der Waals surface area (Å²) < 4.78 is 0. The summed E-state index contributed by atoms with van der Waals surface area (Å²) in [5.74, 6) is -2.56. The maximum atomic E-state index is 10.6. The van der Waals surface area contributed by atoms with Crippen molar-refractivity contribution in [2.75, 3.05) is 0 Å². The zero-order valence-electron chi connectivity index (χ0n) is 7.02. The van der Waals surface area contributed by atoms with Crippen molar-refractivity contribution in [1.82, 2.24) is 0 Å². The van der Waals surface area contributed by atoms with Crippen LogP contribution in [-0.4, -0.2) is 27.9 Å². The van der Waals surface area contributed by atoms with Crippen LogP contribution in [0.5, 0.6) is 0 Å². The van der Waals surface area contributed by atoms with Crippen LogP contribution in [0.3, 0.4) is 0 Å². The van der Waals surface area contributed by atoms with Gasteiger partial charge in [0.2, 0.25) is 0 Å². The Morgan fingerprint density at radius 3 is 2.54 bits per heavy atom. The summed E-state index contributed by atoms with van der Waals surface area (Å²) in [5.41, 5.74) is -0.268. The highest BCUT2D eigenvalue weighted by atomic mass is 16.4. The lowest BCUT2D eigenvalue weighted by atomic mass is 9.98. The minimum Gasteiger partial charge on any atom is -0.477 e. The van der Waals surface area contributed by atoms with Gasteiger partial charge in [0.1, 0.15) is 11.4 Å². The molecule has 0 saturated heterocycles. The number of allylic oxidation sites excluding steroid dienone is 1. The van der Waals surface area contributed by atoms with Gasteiger partial charge >= 0.3 is 11.9 Å². The number of aliphatic carboxylic acids is 2. The summed E-state index contributed by atoms with van der Waals surface area (Å²) in [6.45, 7) is 1.70. The quantitative estimate of drug-likeness (QED) is 0.653. The number of hydrogen-bond donors (Lipinski definition) is 2. The maximum absolute atomic E-state index is 10.6. The van der Waals surface area contributed by atoms with Crippen LogP contribution in [0.2, 0.25) is 0 Å². The van der Waals surface area contributed by atoms with Crippen molar-refractivity contribution >= 4 is 17.7 Å². The molecule has 0 fully saturated rings. The number of nitrogens with zero attached hydrogens (tertiary/aromatic N) is 1. The van der Waals surface area contributed by atoms with E-state index in [1.807, 2.05) is 0 Å². The smallest absolute Gasteiger partial charge is 0.354 e. The predicted molar refractivity (Wildman–Crippen MR) is 44.6 cm³/mol. The largest absolute Gasteiger partial charge is 0.477 e. The first-order valence-electron chi connectivity index (χ1n) is 3.77. The molecule has 0 radical (unpaired) electrons. The number of aliphatic imine (C=N–C) groups is 1. The SMILES string of the molecule is CC1CC=C(C(=O)O)N=C1C(=O)O. The van der Waals surface area contributed by atoms with E-state index in [-0.39, 0.29) is 17.3 Å². The van der Waals surface area contributed by atoms with Gasteiger partial charge < -0.3 is 10.2 Å². The van der Waals surface area contributed by atoms with Gasteiger partial charge in [-0.2, -0.15) is 0 Å². The van der Waals surface area contributed by atoms with Crippen molar-refractivity contribution in [3.8, 4) is 0 Å². The van der Waals surface area contributed by atoms with Gasteiger partial charge in [-0.15, -0.1) is 0 Å². The number of hydrogen-bond acceptors (Lipinski definition) is 3. The van der Waals surface area contributed by atoms with E-state index in [4.69, 9.17) is 10.2 Å². The molecule has 0 spiro atoms. The van der Waals surface area contributed by atoms with E-state index in [0.717, 1.165) is 0 Å². The molecule has 13 heavy (non-hydrogen) atoms. The highest BCUT2D eigenvalue weighted by molar-refractivity contribution is 6.37. The normalized spacial score (nSPS) is 21.8. The molecule has 1 unspecified atom stereocenters. The first-order chi connectivity index (χ1) is 6.02. The minimum absolute atomic E-state index is 0.0834. The van der Waals surface area contributed by atoms with Crippen LogP contribution in [0.1, 0.15) is 13.3 Å². The molecule has 1 rings (SSSR count). The molecule has 70 valence electrons. The second kappa shape index (κ2) is 3.38. The third-order valence-corrected chi connectivity index (χ3v) is 1.81. The van der Waals surface area contributed by atoms with Gasteiger partial charge in [0.05, 0.1) is 0 Å². The molecule has 0 saturated carbocycles. The van der Waals surface area contributed by atoms with Crippen molar-refractivity contribution in [2.24, 2.45) is 10.9 Å². The van der Waals surface area contributed by atoms with E-state index in [0.29, 0.717) is 6.42 Å². The van der Waals surface area contributed by atoms with Crippen LogP contribution in [0.15, 0.2) is 16.8 Å². The molecule has 1 heterocycles. The molecule has 1 aliphatic rings. The molecule has 5 heteroatoms. The molecule has 1 aliphatic heterocycles. The molecule has 0 amide bonds. The van der Waals surface area contributed by atoms with Crippen LogP contribution in [0.4, 0.5) is 0 Å². The minimum atomic E-state index is -1.19. The van der Waals surface area contributed by atoms with E-state index in [2.05, 4.69) is 4.99 Å². The van der Waals surface area contributed by atoms with Gasteiger partial charge in [0, 0.05) is 5.92 Å². The topological polar surface area (TPSA) is 87.0 Å². The average molecular weight is 183 g/mol. The zero-order chi connectivity index (χ0) is 10.0. The summed E-state index contributed by atoms with van der Waals surface area (Å²) in [4.78, 5) is 24.6. The van der Waals surface area contributed by atoms with E-state index in [9.17, 15) is 9.59 Å². The molecule has 0 aromatic carbocycles. The van der Waals surface area contributed by atoms with Crippen LogP contribution in [0, 0.1) is 5.92 Å². The zero-order valence-corrected chi connectivity index (χ0v) is 7.02. The van der Waals surface area contributed by atoms with Crippen LogP contribution in [0.25, 0.3) is 0 Å². The molecular formula is C8H9NO4. The summed E-state index contributed by atoms with van der Waals surface area (Å²) in [5, 5.41) is 17.2. The van der Waals surface area contributed by atoms with E-state index in [1.54, 1.807) is 6.92 Å². The fourth-order valence-electron chi connectivity index (χ4n) is 1.08. The van der Waals surface area contributed by atoms with Crippen molar-refractivity contribution in [1.29, 1.82) is 0 Å². The molecule has 0 bridgehead atoms. The second-order valence-electron chi connectivity index (χ2n) is 2.83. The van der Waals surface area contributed by atoms with Crippen molar-refractivity contribution in [3.63, 3.8) is 0 Å². The number of carboxylic acids is 2. The van der Waals surface area contributed by atoms with Gasteiger partial charge in [0.15, 0.2) is 0 Å². The highest BCUT2D eigenvalue weighted by Gasteiger charge is 2.23. The molecule has 5 nitrogen and oxygen atoms in total. The Hall–Kier alpha value is -1.65. The first-order valence-corrected chi connectivity index (χ1v) is 3.77. The van der Waals surface area contributed by atoms with Gasteiger partial charge in [0.25, 0.3) is 0 Å². The molecular weight excluding hydrogens is 174 g/mol. The highest BCUT2D eigenvalue weighted by Crippen LogP contribution is 2.16. The number of carbonyl (C=O) groups is 2. The fourth-order valence-corrected chi connectivity index (χ4v) is 1.08. The van der Waals surface area contributed by atoms with E-state index < -0.39 is 11.9 Å². The van der Waals surface area contributed by atoms with Crippen LogP contribution < -0.4 is 0 Å². The average Bonchev–Trinajstić information content (AvgIpc) is 2.04. The van der Waals surface area contributed by atoms with Gasteiger partial charge in [-0.05, 0) is 6.42 Å². The Balaban J connectivity index is 2.98. The van der Waals surface area contributed by atoms with Crippen LogP contribution >= 0.6 is 0 Å². The van der Waals surface area contributed by atoms with Crippen LogP contribution in [-0.2, 0) is 9.59 Å². The Bertz CT molecular complexity index is 316. The van der Waals surface area contributed by atoms with E-state index >= 15 is 0 Å². The van der Waals surface area contributed by atoms with E-state index in [1.165, 1.54) is 6.08 Å². The Kier molecular flexibility index (Phi) is 2.46. The number of rotatable bonds is 2. The lowest BCUT2D eigenvalue weighted by molar-refractivity contribution is -0.132. The Morgan fingerprint density at radius 2 is 2.08 bits per heavy atom. The lowest BCUT2D eigenvalue weighted by Crippen LogP contribution is -2.24. The van der Waals surface area contributed by atoms with Crippen molar-refractivity contribution in [2.45, 2.75) is 13.3 Å². The summed E-state index contributed by atoms with van der Waals surface area (Å²) in [6.07, 6.45) is 1.84. The van der Waals surface area contributed by atoms with Crippen molar-refractivity contribution in [3.05, 3.63) is 11.8 Å². The van der Waals surface area contributed by atoms with Gasteiger partial charge in [-0.3, -0.25) is 0 Å². The predicted octanol–water partition coefficient (Wildman–Crippen LogP) is 0.520. The third kappa shape index (κ3) is 1.93. The molecule has 0 aromatic heterocycles. The fraction of sp³-hybridized carbons (Fsp3) is 0.375. The van der Waals surface area contributed by atoms with Crippen molar-refractivity contribution < 1.29 is 19.8 Å². The van der Waals surface area contributed by atoms with Gasteiger partial charge in [-0.25, -0.2) is 14.6 Å². The monoisotopic (exact) mass is 183 g/mol. The standard InChI is InChI=1S/C8H9NO4/c1-4-2-3-5(7(10)11)9-6(4)8(12)13/h3-4H,2H2,1H3,(H,10,11)(H,12,13). The summed E-state index contributed by atoms with van der Waals surface area (Å²) in [6, 6.07) is 0. The Labute approximate surface area is 74.4 Å². The molecule has 0 aromatic rings. The molecule has 2 N–H and O–H groups in total. The summed E-state index contributed by atoms with van der Waals surface area (Å²) >= 11 is 0. The Morgan fingerprint density at radius 1 is 1.46 bits per heavy atom. The maximum Gasteiger partial charge on any atom is 0.354 e. The molecule has 1 atom stereocenters. The number of carboxylic acid groups (broad SMARTS) is 2. The summed E-state index contributed by atoms with van der Waals surface area (Å²) in [7, 11) is 0. The molecule has 0 aliphatic carbocycles.